The van der Waals surface area contributed by atoms with Crippen molar-refractivity contribution in [2.24, 2.45) is 0 Å². The van der Waals surface area contributed by atoms with E-state index in [4.69, 9.17) is 0 Å². The Morgan fingerprint density at radius 2 is 1.91 bits per heavy atom. The molecule has 4 rings (SSSR count). The second kappa shape index (κ2) is 5.66. The summed E-state index contributed by atoms with van der Waals surface area (Å²) in [5, 5.41) is 10.4. The van der Waals surface area contributed by atoms with Gasteiger partial charge in [-0.1, -0.05) is 53.7 Å². The van der Waals surface area contributed by atoms with Crippen molar-refractivity contribution < 1.29 is 0 Å². The highest BCUT2D eigenvalue weighted by Gasteiger charge is 2.09. The first kappa shape index (κ1) is 14.2. The highest BCUT2D eigenvalue weighted by atomic mass is 32.2. The number of rotatable bonds is 3. The standard InChI is InChI=1S/C18H16N4S/c1-11-7-8-12(2)13(9-11)10-23-18-20-17-16(21-22-18)14-5-3-4-6-15(14)19-17/h3-9H,10H2,1-2H3,(H,19,20,22). The molecule has 0 aliphatic carbocycles. The van der Waals surface area contributed by atoms with E-state index in [9.17, 15) is 0 Å². The molecule has 0 atom stereocenters. The molecule has 2 aromatic heterocycles. The summed E-state index contributed by atoms with van der Waals surface area (Å²) < 4.78 is 0. The smallest absolute Gasteiger partial charge is 0.211 e. The molecule has 2 heterocycles. The Hall–Kier alpha value is -2.40. The minimum Gasteiger partial charge on any atom is -0.338 e. The third-order valence-electron chi connectivity index (χ3n) is 3.96. The maximum atomic E-state index is 4.61. The third kappa shape index (κ3) is 2.68. The summed E-state index contributed by atoms with van der Waals surface area (Å²) >= 11 is 1.62. The molecule has 0 saturated carbocycles. The number of nitrogens with one attached hydrogen (secondary N) is 1. The maximum Gasteiger partial charge on any atom is 0.211 e. The van der Waals surface area contributed by atoms with E-state index in [1.165, 1.54) is 16.7 Å². The lowest BCUT2D eigenvalue weighted by Gasteiger charge is -2.05. The molecule has 0 saturated heterocycles. The Kier molecular flexibility index (Phi) is 3.50. The summed E-state index contributed by atoms with van der Waals surface area (Å²) in [5.74, 6) is 0.848. The number of hydrogen-bond donors (Lipinski definition) is 1. The van der Waals surface area contributed by atoms with Crippen LogP contribution in [-0.4, -0.2) is 20.2 Å². The van der Waals surface area contributed by atoms with Crippen LogP contribution in [0.5, 0.6) is 0 Å². The lowest BCUT2D eigenvalue weighted by atomic mass is 10.1. The van der Waals surface area contributed by atoms with Gasteiger partial charge in [-0.05, 0) is 31.0 Å². The Balaban J connectivity index is 1.64. The molecule has 0 aliphatic heterocycles. The van der Waals surface area contributed by atoms with Crippen molar-refractivity contribution in [1.29, 1.82) is 0 Å². The van der Waals surface area contributed by atoms with E-state index in [-0.39, 0.29) is 0 Å². The van der Waals surface area contributed by atoms with Gasteiger partial charge in [-0.3, -0.25) is 0 Å². The van der Waals surface area contributed by atoms with Crippen molar-refractivity contribution in [1.82, 2.24) is 20.2 Å². The number of fused-ring (bicyclic) bond motifs is 3. The molecule has 5 heteroatoms. The monoisotopic (exact) mass is 320 g/mol. The summed E-state index contributed by atoms with van der Waals surface area (Å²) in [4.78, 5) is 7.92. The van der Waals surface area contributed by atoms with Crippen molar-refractivity contribution in [2.75, 3.05) is 0 Å². The molecule has 0 unspecified atom stereocenters. The molecule has 4 nitrogen and oxygen atoms in total. The number of aryl methyl sites for hydroxylation is 2. The highest BCUT2D eigenvalue weighted by Crippen LogP contribution is 2.25. The number of thioether (sulfide) groups is 1. The van der Waals surface area contributed by atoms with Crippen LogP contribution in [0.2, 0.25) is 0 Å². The quantitative estimate of drug-likeness (QED) is 0.568. The fraction of sp³-hybridized carbons (Fsp3) is 0.167. The molecule has 0 fully saturated rings. The zero-order chi connectivity index (χ0) is 15.8. The van der Waals surface area contributed by atoms with Crippen LogP contribution in [0.3, 0.4) is 0 Å². The number of aromatic amines is 1. The minimum atomic E-state index is 0.699. The molecule has 1 N–H and O–H groups in total. The first-order valence-corrected chi connectivity index (χ1v) is 8.49. The zero-order valence-corrected chi connectivity index (χ0v) is 13.8. The van der Waals surface area contributed by atoms with Gasteiger partial charge in [-0.15, -0.1) is 10.2 Å². The van der Waals surface area contributed by atoms with Gasteiger partial charge in [0.2, 0.25) is 5.16 Å². The normalized spacial score (nSPS) is 11.4. The van der Waals surface area contributed by atoms with Crippen molar-refractivity contribution in [2.45, 2.75) is 24.8 Å². The van der Waals surface area contributed by atoms with E-state index in [0.29, 0.717) is 5.16 Å². The molecule has 0 spiro atoms. The van der Waals surface area contributed by atoms with Crippen LogP contribution >= 0.6 is 11.8 Å². The number of aromatic nitrogens is 4. The predicted octanol–water partition coefficient (Wildman–Crippen LogP) is 4.42. The fourth-order valence-corrected chi connectivity index (χ4v) is 3.52. The van der Waals surface area contributed by atoms with Gasteiger partial charge in [-0.25, -0.2) is 4.98 Å². The fourth-order valence-electron chi connectivity index (χ4n) is 2.67. The van der Waals surface area contributed by atoms with Gasteiger partial charge in [-0.2, -0.15) is 0 Å². The number of benzene rings is 2. The number of hydrogen-bond acceptors (Lipinski definition) is 4. The van der Waals surface area contributed by atoms with Gasteiger partial charge in [0.1, 0.15) is 5.52 Å². The van der Waals surface area contributed by atoms with Crippen molar-refractivity contribution in [3.63, 3.8) is 0 Å². The third-order valence-corrected chi connectivity index (χ3v) is 4.85. The van der Waals surface area contributed by atoms with Gasteiger partial charge < -0.3 is 4.98 Å². The topological polar surface area (TPSA) is 54.5 Å². The SMILES string of the molecule is Cc1ccc(C)c(CSc2nnc3c(n2)[nH]c2ccccc23)c1. The van der Waals surface area contributed by atoms with E-state index in [0.717, 1.165) is 27.8 Å². The number of para-hydroxylation sites is 1. The minimum absolute atomic E-state index is 0.699. The molecule has 0 bridgehead atoms. The molecule has 114 valence electrons. The Bertz CT molecular complexity index is 1010. The maximum absolute atomic E-state index is 4.61. The van der Waals surface area contributed by atoms with E-state index >= 15 is 0 Å². The lowest BCUT2D eigenvalue weighted by Crippen LogP contribution is -1.93. The Morgan fingerprint density at radius 1 is 1.04 bits per heavy atom. The van der Waals surface area contributed by atoms with Crippen LogP contribution in [0.4, 0.5) is 0 Å². The predicted molar refractivity (Wildman–Crippen MR) is 94.7 cm³/mol. The first-order chi connectivity index (χ1) is 11.2. The number of nitrogens with zero attached hydrogens (tertiary/aromatic N) is 3. The second-order valence-corrected chi connectivity index (χ2v) is 6.62. The van der Waals surface area contributed by atoms with E-state index in [1.54, 1.807) is 11.8 Å². The van der Waals surface area contributed by atoms with Gasteiger partial charge in [0, 0.05) is 16.7 Å². The summed E-state index contributed by atoms with van der Waals surface area (Å²) in [7, 11) is 0. The van der Waals surface area contributed by atoms with Crippen LogP contribution in [0.15, 0.2) is 47.6 Å². The van der Waals surface area contributed by atoms with Crippen LogP contribution < -0.4 is 0 Å². The van der Waals surface area contributed by atoms with Crippen molar-refractivity contribution in [3.05, 3.63) is 59.2 Å². The second-order valence-electron chi connectivity index (χ2n) is 5.68. The number of H-pyrrole nitrogens is 1. The summed E-state index contributed by atoms with van der Waals surface area (Å²) in [6.45, 7) is 4.25. The molecule has 2 aromatic carbocycles. The zero-order valence-electron chi connectivity index (χ0n) is 13.0. The van der Waals surface area contributed by atoms with Crippen molar-refractivity contribution >= 4 is 33.8 Å². The van der Waals surface area contributed by atoms with Crippen LogP contribution in [0, 0.1) is 13.8 Å². The van der Waals surface area contributed by atoms with Gasteiger partial charge in [0.25, 0.3) is 0 Å². The molecule has 0 radical (unpaired) electrons. The van der Waals surface area contributed by atoms with E-state index in [1.807, 2.05) is 24.3 Å². The molecule has 4 aromatic rings. The van der Waals surface area contributed by atoms with Crippen molar-refractivity contribution in [3.8, 4) is 0 Å². The summed E-state index contributed by atoms with van der Waals surface area (Å²) in [6, 6.07) is 14.6. The van der Waals surface area contributed by atoms with E-state index < -0.39 is 0 Å². The van der Waals surface area contributed by atoms with Gasteiger partial charge >= 0.3 is 0 Å². The molecular formula is C18H16N4S. The largest absolute Gasteiger partial charge is 0.338 e. The van der Waals surface area contributed by atoms with Gasteiger partial charge in [0.15, 0.2) is 5.65 Å². The van der Waals surface area contributed by atoms with E-state index in [2.05, 4.69) is 52.2 Å². The van der Waals surface area contributed by atoms with Crippen LogP contribution in [-0.2, 0) is 5.75 Å². The van der Waals surface area contributed by atoms with Crippen LogP contribution in [0.25, 0.3) is 22.1 Å². The first-order valence-electron chi connectivity index (χ1n) is 7.51. The molecule has 23 heavy (non-hydrogen) atoms. The summed E-state index contributed by atoms with van der Waals surface area (Å²) in [6.07, 6.45) is 0. The molecular weight excluding hydrogens is 304 g/mol. The van der Waals surface area contributed by atoms with Gasteiger partial charge in [0.05, 0.1) is 0 Å². The molecule has 0 amide bonds. The summed E-state index contributed by atoms with van der Waals surface area (Å²) in [5.41, 5.74) is 6.55. The van der Waals surface area contributed by atoms with Crippen LogP contribution in [0.1, 0.15) is 16.7 Å². The Labute approximate surface area is 138 Å². The average molecular weight is 320 g/mol. The highest BCUT2D eigenvalue weighted by molar-refractivity contribution is 7.98. The Morgan fingerprint density at radius 3 is 2.83 bits per heavy atom. The lowest BCUT2D eigenvalue weighted by molar-refractivity contribution is 0.878. The molecule has 0 aliphatic rings. The average Bonchev–Trinajstić information content (AvgIpc) is 2.93.